The van der Waals surface area contributed by atoms with Gasteiger partial charge in [-0.05, 0) is 19.8 Å². The number of rotatable bonds is 7. The van der Waals surface area contributed by atoms with Crippen LogP contribution >= 0.6 is 11.5 Å². The number of ether oxygens (including phenoxy) is 1. The first-order chi connectivity index (χ1) is 8.70. The molecular formula is C11H18N4O2S. The Labute approximate surface area is 110 Å². The lowest BCUT2D eigenvalue weighted by atomic mass is 10.3. The molecule has 0 aromatic carbocycles. The molecule has 1 fully saturated rings. The van der Waals surface area contributed by atoms with E-state index in [1.165, 1.54) is 24.4 Å². The van der Waals surface area contributed by atoms with Gasteiger partial charge in [-0.3, -0.25) is 4.79 Å². The predicted molar refractivity (Wildman–Crippen MR) is 69.9 cm³/mol. The number of aromatic nitrogens is 2. The molecule has 1 aromatic rings. The summed E-state index contributed by atoms with van der Waals surface area (Å²) in [5, 5.41) is 6.55. The predicted octanol–water partition coefficient (Wildman–Crippen LogP) is 0.978. The molecule has 7 heteroatoms. The molecule has 0 saturated heterocycles. The van der Waals surface area contributed by atoms with Gasteiger partial charge in [0.15, 0.2) is 0 Å². The maximum absolute atomic E-state index is 11.7. The van der Waals surface area contributed by atoms with Crippen LogP contribution in [0.1, 0.15) is 31.5 Å². The van der Waals surface area contributed by atoms with E-state index in [9.17, 15) is 4.79 Å². The van der Waals surface area contributed by atoms with Gasteiger partial charge < -0.3 is 15.4 Å². The van der Waals surface area contributed by atoms with Crippen LogP contribution in [-0.2, 0) is 9.53 Å². The Morgan fingerprint density at radius 3 is 3.06 bits per heavy atom. The first-order valence-electron chi connectivity index (χ1n) is 6.07. The summed E-state index contributed by atoms with van der Waals surface area (Å²) in [6.45, 7) is 2.84. The van der Waals surface area contributed by atoms with Crippen molar-refractivity contribution in [2.45, 2.75) is 31.7 Å². The minimum absolute atomic E-state index is 0.0600. The van der Waals surface area contributed by atoms with Crippen molar-refractivity contribution in [3.05, 3.63) is 5.82 Å². The van der Waals surface area contributed by atoms with Gasteiger partial charge in [0, 0.05) is 31.1 Å². The molecule has 1 saturated carbocycles. The van der Waals surface area contributed by atoms with E-state index in [1.807, 2.05) is 0 Å². The highest BCUT2D eigenvalue weighted by Gasteiger charge is 2.28. The second-order valence-electron chi connectivity index (χ2n) is 4.38. The van der Waals surface area contributed by atoms with Crippen molar-refractivity contribution in [2.24, 2.45) is 0 Å². The summed E-state index contributed by atoms with van der Waals surface area (Å²) in [4.78, 5) is 16.1. The number of amides is 1. The Bertz CT molecular complexity index is 406. The summed E-state index contributed by atoms with van der Waals surface area (Å²) in [6.07, 6.45) is 2.37. The van der Waals surface area contributed by atoms with Crippen molar-refractivity contribution in [1.82, 2.24) is 14.7 Å². The number of methoxy groups -OCH3 is 1. The van der Waals surface area contributed by atoms with Gasteiger partial charge in [0.2, 0.25) is 11.0 Å². The highest BCUT2D eigenvalue weighted by Crippen LogP contribution is 2.39. The summed E-state index contributed by atoms with van der Waals surface area (Å²) < 4.78 is 9.15. The zero-order chi connectivity index (χ0) is 13.0. The standard InChI is InChI=1S/C11H18N4O2S/c1-7(10(16)12-5-6-17-2)13-11-14-9(15-18-11)8-3-4-8/h7-8H,3-6H2,1-2H3,(H,12,16)(H,13,14,15). The first-order valence-corrected chi connectivity index (χ1v) is 6.85. The number of carbonyl (C=O) groups excluding carboxylic acids is 1. The van der Waals surface area contributed by atoms with E-state index in [4.69, 9.17) is 4.74 Å². The van der Waals surface area contributed by atoms with Gasteiger partial charge in [-0.25, -0.2) is 4.98 Å². The first kappa shape index (κ1) is 13.2. The Balaban J connectivity index is 1.78. The molecule has 1 amide bonds. The van der Waals surface area contributed by atoms with Crippen molar-refractivity contribution < 1.29 is 9.53 Å². The zero-order valence-electron chi connectivity index (χ0n) is 10.6. The molecule has 1 atom stereocenters. The van der Waals surface area contributed by atoms with Crippen molar-refractivity contribution in [3.8, 4) is 0 Å². The van der Waals surface area contributed by atoms with E-state index in [2.05, 4.69) is 20.0 Å². The quantitative estimate of drug-likeness (QED) is 0.722. The summed E-state index contributed by atoms with van der Waals surface area (Å²) in [6, 6.07) is -0.318. The third-order valence-corrected chi connectivity index (χ3v) is 3.38. The van der Waals surface area contributed by atoms with Gasteiger partial charge >= 0.3 is 0 Å². The molecule has 1 aliphatic rings. The molecule has 0 radical (unpaired) electrons. The van der Waals surface area contributed by atoms with E-state index in [0.717, 1.165) is 5.82 Å². The van der Waals surface area contributed by atoms with Crippen LogP contribution in [0.25, 0.3) is 0 Å². The van der Waals surface area contributed by atoms with Gasteiger partial charge in [0.1, 0.15) is 11.9 Å². The van der Waals surface area contributed by atoms with Gasteiger partial charge in [0.25, 0.3) is 0 Å². The Morgan fingerprint density at radius 1 is 1.61 bits per heavy atom. The van der Waals surface area contributed by atoms with E-state index in [-0.39, 0.29) is 11.9 Å². The number of anilines is 1. The molecule has 100 valence electrons. The van der Waals surface area contributed by atoms with Gasteiger partial charge in [-0.2, -0.15) is 4.37 Å². The van der Waals surface area contributed by atoms with Crippen LogP contribution in [0.2, 0.25) is 0 Å². The Hall–Kier alpha value is -1.21. The van der Waals surface area contributed by atoms with Crippen LogP contribution in [0.4, 0.5) is 5.13 Å². The van der Waals surface area contributed by atoms with Gasteiger partial charge in [-0.1, -0.05) is 0 Å². The molecule has 6 nitrogen and oxygen atoms in total. The second kappa shape index (κ2) is 6.10. The fourth-order valence-corrected chi connectivity index (χ4v) is 2.21. The van der Waals surface area contributed by atoms with Crippen LogP contribution in [-0.4, -0.2) is 41.6 Å². The average molecular weight is 270 g/mol. The number of hydrogen-bond donors (Lipinski definition) is 2. The molecule has 1 unspecified atom stereocenters. The molecule has 0 aliphatic heterocycles. The largest absolute Gasteiger partial charge is 0.383 e. The molecule has 1 heterocycles. The third-order valence-electron chi connectivity index (χ3n) is 2.72. The fourth-order valence-electron chi connectivity index (χ4n) is 1.48. The summed E-state index contributed by atoms with van der Waals surface area (Å²) >= 11 is 1.32. The number of hydrogen-bond acceptors (Lipinski definition) is 6. The van der Waals surface area contributed by atoms with Crippen LogP contribution in [0.15, 0.2) is 0 Å². The van der Waals surface area contributed by atoms with E-state index < -0.39 is 0 Å². The van der Waals surface area contributed by atoms with E-state index >= 15 is 0 Å². The van der Waals surface area contributed by atoms with Gasteiger partial charge in [-0.15, -0.1) is 0 Å². The molecular weight excluding hydrogens is 252 g/mol. The SMILES string of the molecule is COCCNC(=O)C(C)Nc1nc(C2CC2)ns1. The molecule has 0 bridgehead atoms. The molecule has 18 heavy (non-hydrogen) atoms. The molecule has 1 aliphatic carbocycles. The fraction of sp³-hybridized carbons (Fsp3) is 0.727. The topological polar surface area (TPSA) is 76.1 Å². The molecule has 2 N–H and O–H groups in total. The minimum atomic E-state index is -0.318. The highest BCUT2D eigenvalue weighted by atomic mass is 32.1. The zero-order valence-corrected chi connectivity index (χ0v) is 11.4. The van der Waals surface area contributed by atoms with Crippen molar-refractivity contribution in [3.63, 3.8) is 0 Å². The Kier molecular flexibility index (Phi) is 4.48. The molecule has 0 spiro atoms. The lowest BCUT2D eigenvalue weighted by Gasteiger charge is -2.12. The van der Waals surface area contributed by atoms with Crippen molar-refractivity contribution >= 4 is 22.6 Å². The van der Waals surface area contributed by atoms with Crippen LogP contribution in [0, 0.1) is 0 Å². The van der Waals surface area contributed by atoms with Crippen LogP contribution < -0.4 is 10.6 Å². The summed E-state index contributed by atoms with van der Waals surface area (Å²) in [5.41, 5.74) is 0. The van der Waals surface area contributed by atoms with E-state index in [0.29, 0.717) is 24.2 Å². The normalized spacial score (nSPS) is 16.3. The maximum Gasteiger partial charge on any atom is 0.242 e. The van der Waals surface area contributed by atoms with Crippen LogP contribution in [0.3, 0.4) is 0 Å². The van der Waals surface area contributed by atoms with Crippen molar-refractivity contribution in [1.29, 1.82) is 0 Å². The number of nitrogens with zero attached hydrogens (tertiary/aromatic N) is 2. The smallest absolute Gasteiger partial charge is 0.242 e. The summed E-state index contributed by atoms with van der Waals surface area (Å²) in [7, 11) is 1.61. The lowest BCUT2D eigenvalue weighted by molar-refractivity contribution is -0.121. The number of nitrogens with one attached hydrogen (secondary N) is 2. The summed E-state index contributed by atoms with van der Waals surface area (Å²) in [5.74, 6) is 1.40. The lowest BCUT2D eigenvalue weighted by Crippen LogP contribution is -2.39. The van der Waals surface area contributed by atoms with E-state index in [1.54, 1.807) is 14.0 Å². The minimum Gasteiger partial charge on any atom is -0.383 e. The second-order valence-corrected chi connectivity index (χ2v) is 5.13. The third kappa shape index (κ3) is 3.64. The average Bonchev–Trinajstić information content (AvgIpc) is 3.11. The number of carbonyl (C=O) groups is 1. The molecule has 1 aromatic heterocycles. The van der Waals surface area contributed by atoms with Gasteiger partial charge in [0.05, 0.1) is 6.61 Å². The monoisotopic (exact) mass is 270 g/mol. The Morgan fingerprint density at radius 2 is 2.39 bits per heavy atom. The molecule has 2 rings (SSSR count). The van der Waals surface area contributed by atoms with Crippen LogP contribution in [0.5, 0.6) is 0 Å². The van der Waals surface area contributed by atoms with Crippen molar-refractivity contribution in [2.75, 3.05) is 25.6 Å². The highest BCUT2D eigenvalue weighted by molar-refractivity contribution is 7.09. The maximum atomic E-state index is 11.7.